The van der Waals surface area contributed by atoms with E-state index in [1.54, 1.807) is 0 Å². The van der Waals surface area contributed by atoms with Gasteiger partial charge in [0.15, 0.2) is 6.10 Å². The number of carbonyl (C=O) groups is 3. The Labute approximate surface area is 494 Å². The molecule has 0 radical (unpaired) electrons. The van der Waals surface area contributed by atoms with E-state index in [0.29, 0.717) is 19.3 Å². The molecule has 0 saturated heterocycles. The SMILES string of the molecule is CC/C=C\C/C=C\C/C=C\C/C=C\C/C=C\CCCCCCCCCCCCCCCCCC(=O)OCC(COC(=O)CCCCCCCCCCCCCCCC)OC(=O)CCC/C=C\C/C=C\C/C=C\C/C=C\C/C=C\CC. The van der Waals surface area contributed by atoms with Crippen LogP contribution in [0.4, 0.5) is 0 Å². The molecule has 1 atom stereocenters. The lowest BCUT2D eigenvalue weighted by Crippen LogP contribution is -2.30. The van der Waals surface area contributed by atoms with E-state index in [0.717, 1.165) is 109 Å². The van der Waals surface area contributed by atoms with Crippen molar-refractivity contribution in [3.8, 4) is 0 Å². The number of allylic oxidation sites excluding steroid dienone is 20. The van der Waals surface area contributed by atoms with Crippen molar-refractivity contribution in [2.75, 3.05) is 13.2 Å². The predicted molar refractivity (Wildman–Crippen MR) is 348 cm³/mol. The maximum absolute atomic E-state index is 12.9. The van der Waals surface area contributed by atoms with Crippen molar-refractivity contribution < 1.29 is 28.6 Å². The van der Waals surface area contributed by atoms with Gasteiger partial charge in [0, 0.05) is 19.3 Å². The van der Waals surface area contributed by atoms with Crippen LogP contribution in [-0.2, 0) is 28.6 Å². The van der Waals surface area contributed by atoms with E-state index in [1.807, 2.05) is 0 Å². The zero-order chi connectivity index (χ0) is 57.8. The summed E-state index contributed by atoms with van der Waals surface area (Å²) in [5.41, 5.74) is 0. The van der Waals surface area contributed by atoms with Gasteiger partial charge in [0.2, 0.25) is 0 Å². The molecule has 6 nitrogen and oxygen atoms in total. The Hall–Kier alpha value is -4.19. The predicted octanol–water partition coefficient (Wildman–Crippen LogP) is 23.2. The Morgan fingerprint density at radius 3 is 0.800 bits per heavy atom. The molecule has 0 aliphatic carbocycles. The summed E-state index contributed by atoms with van der Waals surface area (Å²) in [6.45, 7) is 6.39. The summed E-state index contributed by atoms with van der Waals surface area (Å²) < 4.78 is 16.9. The third kappa shape index (κ3) is 64.6. The number of hydrogen-bond acceptors (Lipinski definition) is 6. The molecule has 0 saturated carbocycles. The van der Waals surface area contributed by atoms with Gasteiger partial charge in [0.25, 0.3) is 0 Å². The molecule has 6 heteroatoms. The fourth-order valence-electron chi connectivity index (χ4n) is 9.27. The largest absolute Gasteiger partial charge is 0.462 e. The molecule has 0 amide bonds. The zero-order valence-corrected chi connectivity index (χ0v) is 52.3. The smallest absolute Gasteiger partial charge is 0.306 e. The quantitative estimate of drug-likeness (QED) is 0.0261. The lowest BCUT2D eigenvalue weighted by atomic mass is 10.0. The first-order valence-corrected chi connectivity index (χ1v) is 33.5. The Morgan fingerprint density at radius 2 is 0.500 bits per heavy atom. The normalized spacial score (nSPS) is 12.9. The number of carbonyl (C=O) groups excluding carboxylic acids is 3. The van der Waals surface area contributed by atoms with Gasteiger partial charge in [0.1, 0.15) is 13.2 Å². The van der Waals surface area contributed by atoms with Crippen molar-refractivity contribution >= 4 is 17.9 Å². The summed E-state index contributed by atoms with van der Waals surface area (Å²) in [5, 5.41) is 0. The second kappa shape index (κ2) is 67.3. The molecule has 0 bridgehead atoms. The number of rotatable bonds is 60. The molecule has 0 aliphatic rings. The van der Waals surface area contributed by atoms with Crippen LogP contribution in [0.5, 0.6) is 0 Å². The molecule has 0 aromatic rings. The van der Waals surface area contributed by atoms with Crippen LogP contribution in [-0.4, -0.2) is 37.2 Å². The molecular weight excluding hydrogens is 985 g/mol. The Morgan fingerprint density at radius 1 is 0.263 bits per heavy atom. The van der Waals surface area contributed by atoms with Crippen LogP contribution in [0.1, 0.15) is 310 Å². The fourth-order valence-corrected chi connectivity index (χ4v) is 9.27. The minimum Gasteiger partial charge on any atom is -0.462 e. The average molecular weight is 1110 g/mol. The maximum Gasteiger partial charge on any atom is 0.306 e. The van der Waals surface area contributed by atoms with E-state index < -0.39 is 6.10 Å². The lowest BCUT2D eigenvalue weighted by Gasteiger charge is -2.18. The van der Waals surface area contributed by atoms with Gasteiger partial charge in [-0.05, 0) is 103 Å². The van der Waals surface area contributed by atoms with Gasteiger partial charge < -0.3 is 14.2 Å². The first kappa shape index (κ1) is 75.8. The van der Waals surface area contributed by atoms with Gasteiger partial charge in [-0.3, -0.25) is 14.4 Å². The Kier molecular flexibility index (Phi) is 63.8. The molecule has 0 aromatic carbocycles. The number of unbranched alkanes of at least 4 members (excludes halogenated alkanes) is 29. The third-order valence-corrected chi connectivity index (χ3v) is 14.2. The van der Waals surface area contributed by atoms with Crippen LogP contribution in [0.25, 0.3) is 0 Å². The summed E-state index contributed by atoms with van der Waals surface area (Å²) in [4.78, 5) is 38.3. The second-order valence-electron chi connectivity index (χ2n) is 22.0. The van der Waals surface area contributed by atoms with E-state index in [4.69, 9.17) is 14.2 Å². The number of hydrogen-bond donors (Lipinski definition) is 0. The summed E-state index contributed by atoms with van der Waals surface area (Å²) in [7, 11) is 0. The lowest BCUT2D eigenvalue weighted by molar-refractivity contribution is -0.167. The Bertz CT molecular complexity index is 1650. The van der Waals surface area contributed by atoms with Crippen molar-refractivity contribution in [2.24, 2.45) is 0 Å². The van der Waals surface area contributed by atoms with Gasteiger partial charge in [-0.15, -0.1) is 0 Å². The van der Waals surface area contributed by atoms with Gasteiger partial charge >= 0.3 is 17.9 Å². The summed E-state index contributed by atoms with van der Waals surface area (Å²) in [5.74, 6) is -0.948. The highest BCUT2D eigenvalue weighted by atomic mass is 16.6. The van der Waals surface area contributed by atoms with Crippen LogP contribution >= 0.6 is 0 Å². The minimum absolute atomic E-state index is 0.0985. The number of esters is 3. The molecular formula is C74H124O6. The third-order valence-electron chi connectivity index (χ3n) is 14.2. The van der Waals surface area contributed by atoms with Crippen LogP contribution in [0.15, 0.2) is 122 Å². The van der Waals surface area contributed by atoms with Crippen molar-refractivity contribution in [1.82, 2.24) is 0 Å². The van der Waals surface area contributed by atoms with Crippen molar-refractivity contribution in [3.05, 3.63) is 122 Å². The Balaban J connectivity index is 4.28. The van der Waals surface area contributed by atoms with E-state index in [9.17, 15) is 14.4 Å². The molecule has 0 fully saturated rings. The van der Waals surface area contributed by atoms with E-state index in [2.05, 4.69) is 142 Å². The van der Waals surface area contributed by atoms with Gasteiger partial charge in [-0.1, -0.05) is 309 Å². The first-order valence-electron chi connectivity index (χ1n) is 33.5. The molecule has 0 aliphatic heterocycles. The average Bonchev–Trinajstić information content (AvgIpc) is 3.46. The molecule has 0 N–H and O–H groups in total. The molecule has 0 rings (SSSR count). The van der Waals surface area contributed by atoms with Crippen LogP contribution in [0.3, 0.4) is 0 Å². The molecule has 456 valence electrons. The van der Waals surface area contributed by atoms with E-state index >= 15 is 0 Å². The first-order chi connectivity index (χ1) is 39.5. The summed E-state index contributed by atoms with van der Waals surface area (Å²) in [6, 6.07) is 0. The molecule has 0 spiro atoms. The molecule has 0 aromatic heterocycles. The molecule has 1 unspecified atom stereocenters. The summed E-state index contributed by atoms with van der Waals surface area (Å²) >= 11 is 0. The van der Waals surface area contributed by atoms with Gasteiger partial charge in [0.05, 0.1) is 0 Å². The van der Waals surface area contributed by atoms with Gasteiger partial charge in [-0.25, -0.2) is 0 Å². The monoisotopic (exact) mass is 1110 g/mol. The van der Waals surface area contributed by atoms with Gasteiger partial charge in [-0.2, -0.15) is 0 Å². The molecule has 80 heavy (non-hydrogen) atoms. The highest BCUT2D eigenvalue weighted by Crippen LogP contribution is 2.17. The summed E-state index contributed by atoms with van der Waals surface area (Å²) in [6.07, 6.45) is 93.7. The highest BCUT2D eigenvalue weighted by Gasteiger charge is 2.19. The number of ether oxygens (including phenoxy) is 3. The topological polar surface area (TPSA) is 78.9 Å². The van der Waals surface area contributed by atoms with Crippen molar-refractivity contribution in [1.29, 1.82) is 0 Å². The molecule has 0 heterocycles. The van der Waals surface area contributed by atoms with E-state index in [-0.39, 0.29) is 37.5 Å². The zero-order valence-electron chi connectivity index (χ0n) is 52.3. The van der Waals surface area contributed by atoms with Crippen molar-refractivity contribution in [3.63, 3.8) is 0 Å². The second-order valence-corrected chi connectivity index (χ2v) is 22.0. The highest BCUT2D eigenvalue weighted by molar-refractivity contribution is 5.71. The standard InChI is InChI=1S/C74H124O6/c1-4-7-10-13-16-19-22-25-28-30-31-32-33-34-35-36-37-38-39-40-41-42-43-45-46-49-52-55-58-61-64-67-73(76)79-70-71(69-78-72(75)66-63-60-57-54-51-48-27-24-21-18-15-12-9-6-3)80-74(77)68-65-62-59-56-53-50-47-44-29-26-23-20-17-14-11-8-5-2/h7-8,10-11,16-17,19-20,25-26,28-29,31-32,34-35,47,50,56,59,71H,4-6,9,12-15,18,21-24,27,30,33,36-46,48-49,51-55,57-58,60-70H2,1-3H3/b10-7-,11-8-,19-16-,20-17-,28-25-,29-26-,32-31-,35-34-,50-47-,59-56-. The van der Waals surface area contributed by atoms with Crippen molar-refractivity contribution in [2.45, 2.75) is 316 Å². The minimum atomic E-state index is -0.809. The van der Waals surface area contributed by atoms with Crippen LogP contribution in [0, 0.1) is 0 Å². The maximum atomic E-state index is 12.9. The fraction of sp³-hybridized carbons (Fsp3) is 0.689. The van der Waals surface area contributed by atoms with Crippen LogP contribution < -0.4 is 0 Å². The van der Waals surface area contributed by atoms with Crippen LogP contribution in [0.2, 0.25) is 0 Å². The van der Waals surface area contributed by atoms with E-state index in [1.165, 1.54) is 154 Å².